The molecule has 1 amide bonds. The second-order valence-corrected chi connectivity index (χ2v) is 6.27. The second-order valence-electron chi connectivity index (χ2n) is 4.34. The standard InChI is InChI=1S/C13H20N2O4S/c1-2-3-10-20(18,19)15-9-8-14-13(17)11-6-4-5-7-12(11)16/h4-7,15-16H,2-3,8-10H2,1H3,(H,14,17). The Morgan fingerprint density at radius 3 is 2.60 bits per heavy atom. The highest BCUT2D eigenvalue weighted by Gasteiger charge is 2.11. The van der Waals surface area contributed by atoms with Crippen LogP contribution in [0.4, 0.5) is 0 Å². The van der Waals surface area contributed by atoms with Crippen LogP contribution in [-0.2, 0) is 10.0 Å². The minimum Gasteiger partial charge on any atom is -0.507 e. The molecule has 6 nitrogen and oxygen atoms in total. The van der Waals surface area contributed by atoms with E-state index >= 15 is 0 Å². The van der Waals surface area contributed by atoms with Gasteiger partial charge in [-0.25, -0.2) is 13.1 Å². The van der Waals surface area contributed by atoms with E-state index in [0.29, 0.717) is 6.42 Å². The number of hydrogen-bond acceptors (Lipinski definition) is 4. The number of para-hydroxylation sites is 1. The van der Waals surface area contributed by atoms with Gasteiger partial charge in [0, 0.05) is 13.1 Å². The Bertz CT molecular complexity index is 543. The minimum atomic E-state index is -3.27. The normalized spacial score (nSPS) is 11.2. The highest BCUT2D eigenvalue weighted by Crippen LogP contribution is 2.14. The molecule has 0 aliphatic carbocycles. The first kappa shape index (κ1) is 16.5. The quantitative estimate of drug-likeness (QED) is 0.620. The molecule has 7 heteroatoms. The lowest BCUT2D eigenvalue weighted by atomic mass is 10.2. The fourth-order valence-corrected chi connectivity index (χ4v) is 2.78. The summed E-state index contributed by atoms with van der Waals surface area (Å²) in [6.07, 6.45) is 1.42. The molecule has 0 saturated heterocycles. The molecule has 0 saturated carbocycles. The SMILES string of the molecule is CCCCS(=O)(=O)NCCNC(=O)c1ccccc1O. The molecule has 0 heterocycles. The first-order valence-corrected chi connectivity index (χ1v) is 8.15. The molecule has 3 N–H and O–H groups in total. The predicted molar refractivity (Wildman–Crippen MR) is 77.1 cm³/mol. The molecule has 0 unspecified atom stereocenters. The van der Waals surface area contributed by atoms with Crippen LogP contribution in [0.5, 0.6) is 5.75 Å². The van der Waals surface area contributed by atoms with E-state index in [4.69, 9.17) is 0 Å². The summed E-state index contributed by atoms with van der Waals surface area (Å²) in [5, 5.41) is 12.0. The topological polar surface area (TPSA) is 95.5 Å². The number of unbranched alkanes of at least 4 members (excludes halogenated alkanes) is 1. The van der Waals surface area contributed by atoms with Crippen molar-refractivity contribution in [3.63, 3.8) is 0 Å². The van der Waals surface area contributed by atoms with Gasteiger partial charge in [0.1, 0.15) is 5.75 Å². The monoisotopic (exact) mass is 300 g/mol. The number of benzene rings is 1. The van der Waals surface area contributed by atoms with Crippen molar-refractivity contribution in [1.82, 2.24) is 10.0 Å². The van der Waals surface area contributed by atoms with E-state index in [1.807, 2.05) is 6.92 Å². The second kappa shape index (κ2) is 7.86. The van der Waals surface area contributed by atoms with Crippen molar-refractivity contribution in [2.45, 2.75) is 19.8 Å². The van der Waals surface area contributed by atoms with Crippen molar-refractivity contribution in [1.29, 1.82) is 0 Å². The Balaban J connectivity index is 2.35. The molecule has 0 aliphatic rings. The number of nitrogens with one attached hydrogen (secondary N) is 2. The van der Waals surface area contributed by atoms with Gasteiger partial charge in [-0.2, -0.15) is 0 Å². The molecule has 20 heavy (non-hydrogen) atoms. The number of carbonyl (C=O) groups excluding carboxylic acids is 1. The van der Waals surface area contributed by atoms with Crippen molar-refractivity contribution >= 4 is 15.9 Å². The molecule has 1 aromatic rings. The lowest BCUT2D eigenvalue weighted by Crippen LogP contribution is -2.35. The van der Waals surface area contributed by atoms with Crippen molar-refractivity contribution in [2.24, 2.45) is 0 Å². The van der Waals surface area contributed by atoms with Crippen molar-refractivity contribution in [3.05, 3.63) is 29.8 Å². The molecule has 0 radical (unpaired) electrons. The number of sulfonamides is 1. The zero-order chi connectivity index (χ0) is 15.0. The number of amides is 1. The molecule has 1 rings (SSSR count). The molecule has 1 aromatic carbocycles. The van der Waals surface area contributed by atoms with Crippen LogP contribution in [0.1, 0.15) is 30.1 Å². The van der Waals surface area contributed by atoms with Gasteiger partial charge in [-0.15, -0.1) is 0 Å². The largest absolute Gasteiger partial charge is 0.507 e. The Labute approximate surface area is 119 Å². The summed E-state index contributed by atoms with van der Waals surface area (Å²) in [6, 6.07) is 6.18. The third-order valence-corrected chi connectivity index (χ3v) is 4.12. The zero-order valence-electron chi connectivity index (χ0n) is 11.4. The van der Waals surface area contributed by atoms with E-state index in [2.05, 4.69) is 10.0 Å². The summed E-state index contributed by atoms with van der Waals surface area (Å²) in [6.45, 7) is 2.21. The van der Waals surface area contributed by atoms with Crippen LogP contribution in [0.25, 0.3) is 0 Å². The van der Waals surface area contributed by atoms with Gasteiger partial charge in [0.05, 0.1) is 11.3 Å². The summed E-state index contributed by atoms with van der Waals surface area (Å²) in [5.41, 5.74) is 0.168. The molecule has 0 spiro atoms. The fraction of sp³-hybridized carbons (Fsp3) is 0.462. The Morgan fingerprint density at radius 2 is 1.95 bits per heavy atom. The molecule has 112 valence electrons. The number of carbonyl (C=O) groups is 1. The molecule has 0 aromatic heterocycles. The summed E-state index contributed by atoms with van der Waals surface area (Å²) in [5.74, 6) is -0.443. The number of hydrogen-bond donors (Lipinski definition) is 3. The summed E-state index contributed by atoms with van der Waals surface area (Å²) < 4.78 is 25.4. The molecule has 0 atom stereocenters. The molecule has 0 bridgehead atoms. The van der Waals surface area contributed by atoms with Crippen LogP contribution in [0.3, 0.4) is 0 Å². The average Bonchev–Trinajstić information content (AvgIpc) is 2.42. The fourth-order valence-electron chi connectivity index (χ4n) is 1.55. The van der Waals surface area contributed by atoms with Gasteiger partial charge in [-0.1, -0.05) is 25.5 Å². The van der Waals surface area contributed by atoms with Gasteiger partial charge in [-0.3, -0.25) is 4.79 Å². The van der Waals surface area contributed by atoms with Crippen molar-refractivity contribution in [3.8, 4) is 5.75 Å². The van der Waals surface area contributed by atoms with E-state index in [1.165, 1.54) is 12.1 Å². The molecular formula is C13H20N2O4S. The third-order valence-electron chi connectivity index (χ3n) is 2.65. The highest BCUT2D eigenvalue weighted by atomic mass is 32.2. The van der Waals surface area contributed by atoms with Crippen LogP contribution >= 0.6 is 0 Å². The highest BCUT2D eigenvalue weighted by molar-refractivity contribution is 7.89. The molecular weight excluding hydrogens is 280 g/mol. The molecule has 0 fully saturated rings. The smallest absolute Gasteiger partial charge is 0.255 e. The number of phenolic OH excluding ortho intramolecular Hbond substituents is 1. The maximum atomic E-state index is 11.7. The van der Waals surface area contributed by atoms with Gasteiger partial charge in [0.15, 0.2) is 0 Å². The first-order valence-electron chi connectivity index (χ1n) is 6.50. The van der Waals surface area contributed by atoms with E-state index < -0.39 is 15.9 Å². The maximum Gasteiger partial charge on any atom is 0.255 e. The minimum absolute atomic E-state index is 0.0942. The molecule has 0 aliphatic heterocycles. The van der Waals surface area contributed by atoms with E-state index in [9.17, 15) is 18.3 Å². The number of aromatic hydroxyl groups is 1. The van der Waals surface area contributed by atoms with Crippen LogP contribution in [0, 0.1) is 0 Å². The Hall–Kier alpha value is -1.60. The van der Waals surface area contributed by atoms with Crippen LogP contribution in [0.15, 0.2) is 24.3 Å². The van der Waals surface area contributed by atoms with E-state index in [1.54, 1.807) is 12.1 Å². The van der Waals surface area contributed by atoms with E-state index in [-0.39, 0.29) is 30.2 Å². The van der Waals surface area contributed by atoms with Crippen LogP contribution in [0.2, 0.25) is 0 Å². The van der Waals surface area contributed by atoms with Gasteiger partial charge < -0.3 is 10.4 Å². The van der Waals surface area contributed by atoms with Gasteiger partial charge >= 0.3 is 0 Å². The first-order chi connectivity index (χ1) is 9.46. The van der Waals surface area contributed by atoms with Crippen LogP contribution < -0.4 is 10.0 Å². The lowest BCUT2D eigenvalue weighted by Gasteiger charge is -2.08. The third kappa shape index (κ3) is 5.58. The zero-order valence-corrected chi connectivity index (χ0v) is 12.2. The van der Waals surface area contributed by atoms with Gasteiger partial charge in [0.25, 0.3) is 5.91 Å². The number of rotatable bonds is 8. The van der Waals surface area contributed by atoms with Crippen molar-refractivity contribution < 1.29 is 18.3 Å². The van der Waals surface area contributed by atoms with Gasteiger partial charge in [-0.05, 0) is 18.6 Å². The van der Waals surface area contributed by atoms with Crippen LogP contribution in [-0.4, -0.2) is 38.3 Å². The predicted octanol–water partition coefficient (Wildman–Crippen LogP) is 0.842. The van der Waals surface area contributed by atoms with Crippen molar-refractivity contribution in [2.75, 3.05) is 18.8 Å². The Morgan fingerprint density at radius 1 is 1.25 bits per heavy atom. The summed E-state index contributed by atoms with van der Waals surface area (Å²) >= 11 is 0. The van der Waals surface area contributed by atoms with Gasteiger partial charge in [0.2, 0.25) is 10.0 Å². The maximum absolute atomic E-state index is 11.7. The van der Waals surface area contributed by atoms with E-state index in [0.717, 1.165) is 6.42 Å². The lowest BCUT2D eigenvalue weighted by molar-refractivity contribution is 0.0951. The number of phenols is 1. The summed E-state index contributed by atoms with van der Waals surface area (Å²) in [7, 11) is -3.27. The summed E-state index contributed by atoms with van der Waals surface area (Å²) in [4.78, 5) is 11.7. The average molecular weight is 300 g/mol. The Kier molecular flexibility index (Phi) is 6.47.